The van der Waals surface area contributed by atoms with Crippen LogP contribution in [0.15, 0.2) is 0 Å². The second-order valence-corrected chi connectivity index (χ2v) is 3.00. The van der Waals surface area contributed by atoms with Gasteiger partial charge in [0.05, 0.1) is 0 Å². The Bertz CT molecular complexity index is 100.0. The molecule has 0 aromatic rings. The van der Waals surface area contributed by atoms with Crippen LogP contribution in [0.4, 0.5) is 0 Å². The van der Waals surface area contributed by atoms with Crippen LogP contribution < -0.4 is 9.79 Å². The molecule has 0 unspecified atom stereocenters. The van der Waals surface area contributed by atoms with E-state index < -0.39 is 7.60 Å². The number of hydrogen-bond acceptors (Lipinski definition) is 4. The molecule has 0 fully saturated rings. The van der Waals surface area contributed by atoms with Crippen molar-refractivity contribution in [1.29, 1.82) is 0 Å². The van der Waals surface area contributed by atoms with E-state index in [4.69, 9.17) is 3.67 Å². The summed E-state index contributed by atoms with van der Waals surface area (Å²) < 4.78 is 17.9. The van der Waals surface area contributed by atoms with E-state index in [1.54, 1.807) is 6.92 Å². The first-order valence-electron chi connectivity index (χ1n) is 2.25. The average Bonchev–Trinajstić information content (AvgIpc) is 1.69. The van der Waals surface area contributed by atoms with Gasteiger partial charge in [0.15, 0.2) is 0 Å². The maximum atomic E-state index is 9.70. The predicted octanol–water partition coefficient (Wildman–Crippen LogP) is -0.811. The quantitative estimate of drug-likeness (QED) is 0.532. The molecular weight excluding hydrogens is 182 g/mol. The van der Waals surface area contributed by atoms with Gasteiger partial charge in [0.2, 0.25) is 0 Å². The van der Waals surface area contributed by atoms with Crippen LogP contribution in [0.3, 0.4) is 0 Å². The predicted molar refractivity (Wildman–Crippen MR) is 23.5 cm³/mol. The van der Waals surface area contributed by atoms with E-state index in [9.17, 15) is 14.4 Å². The van der Waals surface area contributed by atoms with Crippen LogP contribution in [0.1, 0.15) is 13.3 Å². The summed E-state index contributed by atoms with van der Waals surface area (Å²) in [6.45, 7) is 1.66. The molecule has 0 aliphatic rings. The van der Waals surface area contributed by atoms with Crippen molar-refractivity contribution in [3.63, 3.8) is 0 Å². The van der Waals surface area contributed by atoms with Crippen molar-refractivity contribution in [1.82, 2.24) is 0 Å². The van der Waals surface area contributed by atoms with Gasteiger partial charge in [-0.25, -0.2) is 0 Å². The fourth-order valence-corrected chi connectivity index (χ4v) is 0.822. The van der Waals surface area contributed by atoms with E-state index in [1.807, 2.05) is 0 Å². The first-order chi connectivity index (χ1) is 4.06. The zero-order valence-corrected chi connectivity index (χ0v) is 7.23. The molecule has 0 heterocycles. The first-order valence-corrected chi connectivity index (χ1v) is 4.55. The molecule has 9 heavy (non-hydrogen) atoms. The Kier molecular flexibility index (Phi) is 9.04. The number of rotatable bonds is 2. The third kappa shape index (κ3) is 17.7. The second-order valence-electron chi connectivity index (χ2n) is 1.33. The molecule has 0 saturated heterocycles. The molecule has 6 heteroatoms. The molecule has 53 valence electrons. The van der Waals surface area contributed by atoms with Crippen LogP contribution in [-0.4, -0.2) is 6.16 Å². The van der Waals surface area contributed by atoms with Crippen molar-refractivity contribution in [2.24, 2.45) is 0 Å². The monoisotopic (exact) mass is 189 g/mol. The minimum atomic E-state index is -4.17. The molecular formula is C3H7O4PV. The van der Waals surface area contributed by atoms with E-state index in [0.717, 1.165) is 17.4 Å². The van der Waals surface area contributed by atoms with Gasteiger partial charge in [0.25, 0.3) is 0 Å². The van der Waals surface area contributed by atoms with Crippen molar-refractivity contribution < 1.29 is 35.4 Å². The normalized spacial score (nSPS) is 9.89. The summed E-state index contributed by atoms with van der Waals surface area (Å²) in [7, 11) is -4.17. The van der Waals surface area contributed by atoms with E-state index in [1.165, 1.54) is 0 Å². The minimum absolute atomic E-state index is 0.215. The van der Waals surface area contributed by atoms with Gasteiger partial charge in [-0.05, 0) is 6.16 Å². The van der Waals surface area contributed by atoms with E-state index in [0.29, 0.717) is 6.42 Å². The Hall–Kier alpha value is 0.534. The Balaban J connectivity index is 0. The summed E-state index contributed by atoms with van der Waals surface area (Å²) in [5.74, 6) is 0. The van der Waals surface area contributed by atoms with Gasteiger partial charge < -0.3 is 14.4 Å². The SMILES string of the molecule is CCCP(=O)([O-])[O-].[O]=[V+2]. The Morgan fingerprint density at radius 3 is 1.78 bits per heavy atom. The molecule has 4 nitrogen and oxygen atoms in total. The van der Waals surface area contributed by atoms with Crippen LogP contribution in [0.25, 0.3) is 0 Å². The van der Waals surface area contributed by atoms with E-state index in [-0.39, 0.29) is 6.16 Å². The van der Waals surface area contributed by atoms with Crippen molar-refractivity contribution in [2.45, 2.75) is 13.3 Å². The average molecular weight is 189 g/mol. The van der Waals surface area contributed by atoms with Gasteiger partial charge in [-0.2, -0.15) is 0 Å². The van der Waals surface area contributed by atoms with Gasteiger partial charge in [-0.1, -0.05) is 20.9 Å². The molecule has 0 aromatic carbocycles. The molecule has 0 spiro atoms. The Labute approximate surface area is 63.0 Å². The summed E-state index contributed by atoms with van der Waals surface area (Å²) >= 11 is 1.06. The molecule has 0 radical (unpaired) electrons. The summed E-state index contributed by atoms with van der Waals surface area (Å²) in [5, 5.41) is 0. The van der Waals surface area contributed by atoms with Crippen LogP contribution in [0.2, 0.25) is 0 Å². The van der Waals surface area contributed by atoms with Crippen molar-refractivity contribution in [3.05, 3.63) is 0 Å². The van der Waals surface area contributed by atoms with Crippen LogP contribution in [0.5, 0.6) is 0 Å². The summed E-state index contributed by atoms with van der Waals surface area (Å²) in [6, 6.07) is 0. The van der Waals surface area contributed by atoms with Crippen LogP contribution >= 0.6 is 7.60 Å². The topological polar surface area (TPSA) is 80.3 Å². The van der Waals surface area contributed by atoms with Gasteiger partial charge in [-0.3, -0.25) is 0 Å². The molecule has 0 rings (SSSR count). The van der Waals surface area contributed by atoms with Gasteiger partial charge in [0.1, 0.15) is 0 Å². The van der Waals surface area contributed by atoms with E-state index in [2.05, 4.69) is 0 Å². The number of hydrogen-bond donors (Lipinski definition) is 0. The summed E-state index contributed by atoms with van der Waals surface area (Å²) in [4.78, 5) is 19.4. The fraction of sp³-hybridized carbons (Fsp3) is 1.00. The second kappa shape index (κ2) is 6.65. The molecule has 0 aliphatic heterocycles. The van der Waals surface area contributed by atoms with Crippen LogP contribution in [0, 0.1) is 0 Å². The zero-order chi connectivity index (χ0) is 7.91. The Morgan fingerprint density at radius 1 is 1.44 bits per heavy atom. The molecule has 0 atom stereocenters. The fourth-order valence-electron chi connectivity index (χ4n) is 0.274. The van der Waals surface area contributed by atoms with Crippen molar-refractivity contribution >= 4 is 7.60 Å². The molecule has 0 saturated carbocycles. The molecule has 0 N–H and O–H groups in total. The van der Waals surface area contributed by atoms with Crippen molar-refractivity contribution in [2.75, 3.05) is 6.16 Å². The molecule has 0 aliphatic carbocycles. The van der Waals surface area contributed by atoms with Crippen molar-refractivity contribution in [3.8, 4) is 0 Å². The van der Waals surface area contributed by atoms with E-state index >= 15 is 0 Å². The van der Waals surface area contributed by atoms with Crippen LogP contribution in [-0.2, 0) is 25.6 Å². The summed E-state index contributed by atoms with van der Waals surface area (Å²) in [6.07, 6.45) is 0.206. The first kappa shape index (κ1) is 12.2. The standard InChI is InChI=1S/C3H9O3P.O.V/c1-2-3-7(4,5)6;;/h2-3H2,1H3,(H2,4,5,6);;/q;;+2/p-2. The van der Waals surface area contributed by atoms with Gasteiger partial charge in [-0.15, -0.1) is 0 Å². The Morgan fingerprint density at radius 2 is 1.78 bits per heavy atom. The third-order valence-corrected chi connectivity index (χ3v) is 1.49. The molecule has 0 amide bonds. The van der Waals surface area contributed by atoms with Gasteiger partial charge in [0, 0.05) is 0 Å². The third-order valence-electron chi connectivity index (χ3n) is 0.497. The maximum absolute atomic E-state index is 9.70. The molecule has 0 bridgehead atoms. The summed E-state index contributed by atoms with van der Waals surface area (Å²) in [5.41, 5.74) is 0. The van der Waals surface area contributed by atoms with Gasteiger partial charge >= 0.3 is 21.0 Å². The zero-order valence-electron chi connectivity index (χ0n) is 4.94. The molecule has 0 aromatic heterocycles.